The molecular weight excluding hydrogens is 222 g/mol. The van der Waals surface area contributed by atoms with Gasteiger partial charge in [0.1, 0.15) is 0 Å². The van der Waals surface area contributed by atoms with Gasteiger partial charge >= 0.3 is 0 Å². The predicted molar refractivity (Wildman–Crippen MR) is 68.7 cm³/mol. The monoisotopic (exact) mass is 243 g/mol. The Hall–Kier alpha value is -0.540. The van der Waals surface area contributed by atoms with E-state index in [1.165, 1.54) is 0 Å². The van der Waals surface area contributed by atoms with E-state index in [4.69, 9.17) is 17.3 Å². The Morgan fingerprint density at radius 1 is 1.56 bits per heavy atom. The maximum atomic E-state index is 6.35. The second kappa shape index (κ2) is 4.76. The van der Waals surface area contributed by atoms with E-state index in [9.17, 15) is 0 Å². The SMILES string of the molecule is CCC(C)C(C)(N)Cc1c(Cl)c(C)nn1C. The average molecular weight is 244 g/mol. The number of nitrogens with two attached hydrogens (primary N) is 1. The van der Waals surface area contributed by atoms with E-state index in [1.807, 2.05) is 18.7 Å². The standard InChI is InChI=1S/C12H22ClN3/c1-6-8(2)12(4,14)7-10-11(13)9(3)15-16(10)5/h8H,6-7,14H2,1-5H3. The molecule has 1 heterocycles. The summed E-state index contributed by atoms with van der Waals surface area (Å²) in [4.78, 5) is 0. The van der Waals surface area contributed by atoms with Crippen LogP contribution in [-0.2, 0) is 13.5 Å². The van der Waals surface area contributed by atoms with Gasteiger partial charge in [0, 0.05) is 19.0 Å². The zero-order valence-electron chi connectivity index (χ0n) is 10.8. The summed E-state index contributed by atoms with van der Waals surface area (Å²) in [5.41, 5.74) is 8.02. The zero-order chi connectivity index (χ0) is 12.5. The van der Waals surface area contributed by atoms with Gasteiger partial charge in [-0.05, 0) is 19.8 Å². The second-order valence-corrected chi connectivity index (χ2v) is 5.34. The second-order valence-electron chi connectivity index (χ2n) is 4.96. The highest BCUT2D eigenvalue weighted by Crippen LogP contribution is 2.27. The summed E-state index contributed by atoms with van der Waals surface area (Å²) in [6, 6.07) is 0. The van der Waals surface area contributed by atoms with Crippen LogP contribution in [-0.4, -0.2) is 15.3 Å². The number of aromatic nitrogens is 2. The molecule has 0 aliphatic heterocycles. The highest BCUT2D eigenvalue weighted by molar-refractivity contribution is 6.31. The third-order valence-corrected chi connectivity index (χ3v) is 4.04. The van der Waals surface area contributed by atoms with E-state index < -0.39 is 0 Å². The predicted octanol–water partition coefficient (Wildman–Crippen LogP) is 2.69. The molecule has 1 aromatic heterocycles. The van der Waals surface area contributed by atoms with Crippen LogP contribution in [0.25, 0.3) is 0 Å². The van der Waals surface area contributed by atoms with Crippen molar-refractivity contribution in [2.45, 2.75) is 46.1 Å². The van der Waals surface area contributed by atoms with Crippen LogP contribution < -0.4 is 5.73 Å². The van der Waals surface area contributed by atoms with Gasteiger partial charge < -0.3 is 5.73 Å². The summed E-state index contributed by atoms with van der Waals surface area (Å²) in [5, 5.41) is 5.06. The lowest BCUT2D eigenvalue weighted by molar-refractivity contribution is 0.301. The summed E-state index contributed by atoms with van der Waals surface area (Å²) >= 11 is 6.23. The van der Waals surface area contributed by atoms with Crippen LogP contribution in [0, 0.1) is 12.8 Å². The van der Waals surface area contributed by atoms with Crippen molar-refractivity contribution < 1.29 is 0 Å². The van der Waals surface area contributed by atoms with Crippen molar-refractivity contribution in [3.63, 3.8) is 0 Å². The van der Waals surface area contributed by atoms with Crippen molar-refractivity contribution in [3.05, 3.63) is 16.4 Å². The lowest BCUT2D eigenvalue weighted by Gasteiger charge is -2.31. The van der Waals surface area contributed by atoms with E-state index in [2.05, 4.69) is 25.9 Å². The van der Waals surface area contributed by atoms with Gasteiger partial charge in [-0.15, -0.1) is 0 Å². The Morgan fingerprint density at radius 2 is 2.12 bits per heavy atom. The summed E-state index contributed by atoms with van der Waals surface area (Å²) in [6.07, 6.45) is 1.83. The fraction of sp³-hybridized carbons (Fsp3) is 0.750. The lowest BCUT2D eigenvalue weighted by atomic mass is 9.82. The van der Waals surface area contributed by atoms with Crippen molar-refractivity contribution in [3.8, 4) is 0 Å². The summed E-state index contributed by atoms with van der Waals surface area (Å²) in [7, 11) is 1.92. The first-order chi connectivity index (χ1) is 7.29. The molecule has 16 heavy (non-hydrogen) atoms. The molecule has 2 unspecified atom stereocenters. The first-order valence-electron chi connectivity index (χ1n) is 5.76. The van der Waals surface area contributed by atoms with E-state index in [0.29, 0.717) is 5.92 Å². The van der Waals surface area contributed by atoms with Gasteiger partial charge in [0.2, 0.25) is 0 Å². The average Bonchev–Trinajstić information content (AvgIpc) is 2.43. The minimum absolute atomic E-state index is 0.237. The van der Waals surface area contributed by atoms with Crippen LogP contribution >= 0.6 is 11.6 Å². The van der Waals surface area contributed by atoms with Crippen LogP contribution in [0.5, 0.6) is 0 Å². The topological polar surface area (TPSA) is 43.8 Å². The molecule has 2 atom stereocenters. The van der Waals surface area contributed by atoms with Gasteiger partial charge in [-0.2, -0.15) is 5.10 Å². The fourth-order valence-electron chi connectivity index (χ4n) is 1.87. The molecule has 0 spiro atoms. The van der Waals surface area contributed by atoms with E-state index in [-0.39, 0.29) is 5.54 Å². The molecule has 1 rings (SSSR count). The van der Waals surface area contributed by atoms with Gasteiger partial charge in [-0.25, -0.2) is 0 Å². The highest BCUT2D eigenvalue weighted by atomic mass is 35.5. The molecular formula is C12H22ClN3. The van der Waals surface area contributed by atoms with Crippen LogP contribution in [0.1, 0.15) is 38.6 Å². The molecule has 0 fully saturated rings. The Labute approximate surface area is 103 Å². The normalized spacial score (nSPS) is 17.2. The van der Waals surface area contributed by atoms with Crippen molar-refractivity contribution in [1.82, 2.24) is 9.78 Å². The largest absolute Gasteiger partial charge is 0.325 e. The van der Waals surface area contributed by atoms with Gasteiger partial charge in [0.15, 0.2) is 0 Å². The van der Waals surface area contributed by atoms with Gasteiger partial charge in [-0.3, -0.25) is 4.68 Å². The summed E-state index contributed by atoms with van der Waals surface area (Å²) in [6.45, 7) is 8.34. The molecule has 0 aliphatic carbocycles. The number of nitrogens with zero attached hydrogens (tertiary/aromatic N) is 2. The van der Waals surface area contributed by atoms with Crippen molar-refractivity contribution >= 4 is 11.6 Å². The van der Waals surface area contributed by atoms with Crippen LogP contribution in [0.4, 0.5) is 0 Å². The molecule has 0 saturated carbocycles. The van der Waals surface area contributed by atoms with Crippen molar-refractivity contribution in [2.75, 3.05) is 0 Å². The van der Waals surface area contributed by atoms with E-state index in [1.54, 1.807) is 0 Å². The zero-order valence-corrected chi connectivity index (χ0v) is 11.6. The van der Waals surface area contributed by atoms with Gasteiger partial charge in [-0.1, -0.05) is 31.9 Å². The Kier molecular flexibility index (Phi) is 4.02. The number of halogens is 1. The molecule has 0 amide bonds. The van der Waals surface area contributed by atoms with Gasteiger partial charge in [0.25, 0.3) is 0 Å². The quantitative estimate of drug-likeness (QED) is 0.884. The van der Waals surface area contributed by atoms with E-state index in [0.717, 1.165) is 29.3 Å². The minimum Gasteiger partial charge on any atom is -0.325 e. The first kappa shape index (κ1) is 13.5. The molecule has 92 valence electrons. The first-order valence-corrected chi connectivity index (χ1v) is 6.14. The number of hydrogen-bond donors (Lipinski definition) is 1. The Morgan fingerprint density at radius 3 is 2.50 bits per heavy atom. The summed E-state index contributed by atoms with van der Waals surface area (Å²) in [5.74, 6) is 0.457. The van der Waals surface area contributed by atoms with Crippen LogP contribution in [0.2, 0.25) is 5.02 Å². The highest BCUT2D eigenvalue weighted by Gasteiger charge is 2.28. The van der Waals surface area contributed by atoms with Crippen LogP contribution in [0.3, 0.4) is 0 Å². The van der Waals surface area contributed by atoms with Crippen molar-refractivity contribution in [1.29, 1.82) is 0 Å². The third kappa shape index (κ3) is 2.58. The molecule has 1 aromatic rings. The van der Waals surface area contributed by atoms with Crippen molar-refractivity contribution in [2.24, 2.45) is 18.7 Å². The molecule has 0 aliphatic rings. The van der Waals surface area contributed by atoms with Crippen LogP contribution in [0.15, 0.2) is 0 Å². The minimum atomic E-state index is -0.237. The molecule has 0 bridgehead atoms. The molecule has 0 aromatic carbocycles. The molecule has 0 saturated heterocycles. The molecule has 0 radical (unpaired) electrons. The maximum Gasteiger partial charge on any atom is 0.0847 e. The lowest BCUT2D eigenvalue weighted by Crippen LogP contribution is -2.45. The third-order valence-electron chi connectivity index (χ3n) is 3.55. The van der Waals surface area contributed by atoms with E-state index >= 15 is 0 Å². The van der Waals surface area contributed by atoms with Gasteiger partial charge in [0.05, 0.1) is 16.4 Å². The Balaban J connectivity index is 2.96. The number of hydrogen-bond acceptors (Lipinski definition) is 2. The summed E-state index contributed by atoms with van der Waals surface area (Å²) < 4.78 is 1.84. The molecule has 3 nitrogen and oxygen atoms in total. The molecule has 2 N–H and O–H groups in total. The molecule has 4 heteroatoms. The smallest absolute Gasteiger partial charge is 0.0847 e. The number of rotatable bonds is 4. The fourth-order valence-corrected chi connectivity index (χ4v) is 2.10. The maximum absolute atomic E-state index is 6.35. The number of aryl methyl sites for hydroxylation is 2. The Bertz CT molecular complexity index is 369.